The van der Waals surface area contributed by atoms with Gasteiger partial charge >= 0.3 is 0 Å². The van der Waals surface area contributed by atoms with Crippen molar-refractivity contribution in [2.45, 2.75) is 12.8 Å². The first-order valence-electron chi connectivity index (χ1n) is 7.38. The van der Waals surface area contributed by atoms with E-state index in [2.05, 4.69) is 29.2 Å². The van der Waals surface area contributed by atoms with Gasteiger partial charge in [0.05, 0.1) is 6.54 Å². The standard InChI is InChI=1S/C18H19NO2/c20-14-15-5-3-8-17(13-15)21-12-11-19-10-4-7-16-6-1-2-9-18(16)19/h1-3,5-6,8-9,13-14H,4,7,10-12H2. The summed E-state index contributed by atoms with van der Waals surface area (Å²) in [6, 6.07) is 15.9. The summed E-state index contributed by atoms with van der Waals surface area (Å²) < 4.78 is 5.77. The number of aryl methyl sites for hydroxylation is 1. The fourth-order valence-electron chi connectivity index (χ4n) is 2.80. The third kappa shape index (κ3) is 3.24. The zero-order valence-corrected chi connectivity index (χ0v) is 12.0. The number of ether oxygens (including phenoxy) is 1. The van der Waals surface area contributed by atoms with Crippen LogP contribution in [0.15, 0.2) is 48.5 Å². The van der Waals surface area contributed by atoms with Gasteiger partial charge in [0.25, 0.3) is 0 Å². The maximum atomic E-state index is 10.8. The summed E-state index contributed by atoms with van der Waals surface area (Å²) in [7, 11) is 0. The second-order valence-electron chi connectivity index (χ2n) is 5.26. The van der Waals surface area contributed by atoms with E-state index in [9.17, 15) is 4.79 Å². The summed E-state index contributed by atoms with van der Waals surface area (Å²) in [5.41, 5.74) is 3.40. The van der Waals surface area contributed by atoms with Gasteiger partial charge in [0.2, 0.25) is 0 Å². The van der Waals surface area contributed by atoms with Crippen molar-refractivity contribution in [3.05, 3.63) is 59.7 Å². The van der Waals surface area contributed by atoms with Crippen molar-refractivity contribution < 1.29 is 9.53 Å². The maximum Gasteiger partial charge on any atom is 0.150 e. The quantitative estimate of drug-likeness (QED) is 0.787. The van der Waals surface area contributed by atoms with E-state index in [-0.39, 0.29) is 0 Å². The van der Waals surface area contributed by atoms with Crippen LogP contribution < -0.4 is 9.64 Å². The highest BCUT2D eigenvalue weighted by Crippen LogP contribution is 2.26. The van der Waals surface area contributed by atoms with Crippen LogP contribution in [0.5, 0.6) is 5.75 Å². The molecule has 3 rings (SSSR count). The molecule has 0 aromatic heterocycles. The van der Waals surface area contributed by atoms with E-state index in [1.165, 1.54) is 17.7 Å². The molecule has 0 saturated heterocycles. The highest BCUT2D eigenvalue weighted by Gasteiger charge is 2.15. The molecular weight excluding hydrogens is 262 g/mol. The van der Waals surface area contributed by atoms with Crippen molar-refractivity contribution in [2.75, 3.05) is 24.6 Å². The molecule has 0 spiro atoms. The number of anilines is 1. The molecule has 21 heavy (non-hydrogen) atoms. The Morgan fingerprint density at radius 1 is 1.14 bits per heavy atom. The van der Waals surface area contributed by atoms with Gasteiger partial charge in [-0.1, -0.05) is 30.3 Å². The molecule has 2 aromatic rings. The minimum atomic E-state index is 0.622. The zero-order valence-electron chi connectivity index (χ0n) is 12.0. The normalized spacial score (nSPS) is 13.6. The highest BCUT2D eigenvalue weighted by atomic mass is 16.5. The number of carbonyl (C=O) groups excluding carboxylic acids is 1. The van der Waals surface area contributed by atoms with Gasteiger partial charge in [0.15, 0.2) is 0 Å². The summed E-state index contributed by atoms with van der Waals surface area (Å²) >= 11 is 0. The van der Waals surface area contributed by atoms with Crippen molar-refractivity contribution in [1.29, 1.82) is 0 Å². The summed E-state index contributed by atoms with van der Waals surface area (Å²) in [4.78, 5) is 13.1. The Hall–Kier alpha value is -2.29. The molecule has 0 amide bonds. The van der Waals surface area contributed by atoms with Gasteiger partial charge < -0.3 is 9.64 Å². The molecule has 3 heteroatoms. The molecule has 0 aliphatic carbocycles. The van der Waals surface area contributed by atoms with Crippen LogP contribution in [0.3, 0.4) is 0 Å². The zero-order chi connectivity index (χ0) is 14.5. The predicted octanol–water partition coefficient (Wildman–Crippen LogP) is 3.33. The van der Waals surface area contributed by atoms with Crippen LogP contribution in [0.25, 0.3) is 0 Å². The van der Waals surface area contributed by atoms with Crippen LogP contribution in [0, 0.1) is 0 Å². The molecule has 0 unspecified atom stereocenters. The molecule has 0 N–H and O–H groups in total. The summed E-state index contributed by atoms with van der Waals surface area (Å²) in [5.74, 6) is 0.755. The molecule has 108 valence electrons. The number of carbonyl (C=O) groups is 1. The molecular formula is C18H19NO2. The van der Waals surface area contributed by atoms with E-state index >= 15 is 0 Å². The summed E-state index contributed by atoms with van der Waals surface area (Å²) in [5, 5.41) is 0. The molecule has 0 bridgehead atoms. The van der Waals surface area contributed by atoms with Crippen LogP contribution in [0.1, 0.15) is 22.3 Å². The van der Waals surface area contributed by atoms with E-state index in [4.69, 9.17) is 4.74 Å². The number of benzene rings is 2. The second-order valence-corrected chi connectivity index (χ2v) is 5.26. The number of aldehydes is 1. The Bertz CT molecular complexity index is 624. The van der Waals surface area contributed by atoms with Gasteiger partial charge in [0.1, 0.15) is 18.6 Å². The fourth-order valence-corrected chi connectivity index (χ4v) is 2.80. The lowest BCUT2D eigenvalue weighted by atomic mass is 10.0. The summed E-state index contributed by atoms with van der Waals surface area (Å²) in [6.45, 7) is 2.56. The number of rotatable bonds is 5. The van der Waals surface area contributed by atoms with E-state index in [0.29, 0.717) is 12.2 Å². The van der Waals surface area contributed by atoms with E-state index in [0.717, 1.165) is 31.5 Å². The first-order chi connectivity index (χ1) is 10.4. The molecule has 1 aliphatic heterocycles. The van der Waals surface area contributed by atoms with Crippen LogP contribution in [-0.4, -0.2) is 26.0 Å². The molecule has 0 saturated carbocycles. The third-order valence-electron chi connectivity index (χ3n) is 3.83. The number of hydrogen-bond acceptors (Lipinski definition) is 3. The predicted molar refractivity (Wildman–Crippen MR) is 84.3 cm³/mol. The second kappa shape index (κ2) is 6.44. The van der Waals surface area contributed by atoms with E-state index in [1.54, 1.807) is 12.1 Å². The first-order valence-corrected chi connectivity index (χ1v) is 7.38. The van der Waals surface area contributed by atoms with Crippen molar-refractivity contribution in [3.63, 3.8) is 0 Å². The smallest absolute Gasteiger partial charge is 0.150 e. The van der Waals surface area contributed by atoms with Gasteiger partial charge in [-0.2, -0.15) is 0 Å². The van der Waals surface area contributed by atoms with Gasteiger partial charge in [-0.3, -0.25) is 4.79 Å². The third-order valence-corrected chi connectivity index (χ3v) is 3.83. The van der Waals surface area contributed by atoms with Gasteiger partial charge in [-0.15, -0.1) is 0 Å². The Morgan fingerprint density at radius 2 is 2.05 bits per heavy atom. The van der Waals surface area contributed by atoms with Gasteiger partial charge in [0, 0.05) is 17.8 Å². The topological polar surface area (TPSA) is 29.5 Å². The number of nitrogens with zero attached hydrogens (tertiary/aromatic N) is 1. The average molecular weight is 281 g/mol. The molecule has 2 aromatic carbocycles. The molecule has 3 nitrogen and oxygen atoms in total. The SMILES string of the molecule is O=Cc1cccc(OCCN2CCCc3ccccc32)c1. The van der Waals surface area contributed by atoms with E-state index in [1.807, 2.05) is 12.1 Å². The minimum absolute atomic E-state index is 0.622. The van der Waals surface area contributed by atoms with E-state index < -0.39 is 0 Å². The lowest BCUT2D eigenvalue weighted by Crippen LogP contribution is -2.33. The molecule has 0 fully saturated rings. The largest absolute Gasteiger partial charge is 0.492 e. The maximum absolute atomic E-state index is 10.8. The van der Waals surface area contributed by atoms with Crippen molar-refractivity contribution >= 4 is 12.0 Å². The number of hydrogen-bond donors (Lipinski definition) is 0. The van der Waals surface area contributed by atoms with Crippen LogP contribution in [0.4, 0.5) is 5.69 Å². The van der Waals surface area contributed by atoms with Gasteiger partial charge in [-0.25, -0.2) is 0 Å². The fraction of sp³-hybridized carbons (Fsp3) is 0.278. The Labute approximate surface area is 125 Å². The Morgan fingerprint density at radius 3 is 2.95 bits per heavy atom. The molecule has 1 heterocycles. The monoisotopic (exact) mass is 281 g/mol. The number of fused-ring (bicyclic) bond motifs is 1. The van der Waals surface area contributed by atoms with Gasteiger partial charge in [-0.05, 0) is 36.6 Å². The molecule has 1 aliphatic rings. The molecule has 0 radical (unpaired) electrons. The Kier molecular flexibility index (Phi) is 4.20. The van der Waals surface area contributed by atoms with Crippen molar-refractivity contribution in [2.24, 2.45) is 0 Å². The van der Waals surface area contributed by atoms with Crippen molar-refractivity contribution in [1.82, 2.24) is 0 Å². The highest BCUT2D eigenvalue weighted by molar-refractivity contribution is 5.75. The Balaban J connectivity index is 1.60. The first kappa shape index (κ1) is 13.7. The lowest BCUT2D eigenvalue weighted by molar-refractivity contribution is 0.112. The average Bonchev–Trinajstić information content (AvgIpc) is 2.55. The summed E-state index contributed by atoms with van der Waals surface area (Å²) in [6.07, 6.45) is 3.19. The van der Waals surface area contributed by atoms with Crippen molar-refractivity contribution in [3.8, 4) is 5.75 Å². The number of para-hydroxylation sites is 1. The van der Waals surface area contributed by atoms with Crippen LogP contribution in [-0.2, 0) is 6.42 Å². The van der Waals surface area contributed by atoms with Crippen LogP contribution >= 0.6 is 0 Å². The minimum Gasteiger partial charge on any atom is -0.492 e. The molecule has 0 atom stereocenters. The lowest BCUT2D eigenvalue weighted by Gasteiger charge is -2.31. The van der Waals surface area contributed by atoms with Crippen LogP contribution in [0.2, 0.25) is 0 Å².